The van der Waals surface area contributed by atoms with Crippen molar-refractivity contribution in [3.8, 4) is 17.0 Å². The molecule has 24 heavy (non-hydrogen) atoms. The average Bonchev–Trinajstić information content (AvgIpc) is 3.02. The van der Waals surface area contributed by atoms with Gasteiger partial charge in [0.15, 0.2) is 5.13 Å². The van der Waals surface area contributed by atoms with Crippen molar-refractivity contribution in [3.05, 3.63) is 29.6 Å². The highest BCUT2D eigenvalue weighted by atomic mass is 32.1. The van der Waals surface area contributed by atoms with Crippen LogP contribution in [-0.2, 0) is 9.59 Å². The zero-order valence-corrected chi connectivity index (χ0v) is 14.5. The Morgan fingerprint density at radius 1 is 1.38 bits per heavy atom. The minimum Gasteiger partial charge on any atom is -0.497 e. The number of carbonyl (C=O) groups is 2. The summed E-state index contributed by atoms with van der Waals surface area (Å²) in [5, 5.41) is 13.8. The predicted octanol–water partition coefficient (Wildman–Crippen LogP) is 2.16. The molecule has 2 aromatic rings. The van der Waals surface area contributed by atoms with E-state index in [1.165, 1.54) is 16.2 Å². The van der Waals surface area contributed by atoms with Gasteiger partial charge in [-0.3, -0.25) is 14.5 Å². The summed E-state index contributed by atoms with van der Waals surface area (Å²) in [6, 6.07) is 6.89. The first-order chi connectivity index (χ1) is 11.4. The van der Waals surface area contributed by atoms with E-state index >= 15 is 0 Å². The number of aliphatic carboxylic acids is 1. The molecule has 0 bridgehead atoms. The lowest BCUT2D eigenvalue weighted by atomic mass is 10.2. The Hall–Kier alpha value is -2.45. The largest absolute Gasteiger partial charge is 0.497 e. The molecule has 1 atom stereocenters. The minimum atomic E-state index is -0.979. The van der Waals surface area contributed by atoms with E-state index in [0.717, 1.165) is 17.0 Å². The number of amides is 1. The number of ether oxygens (including phenoxy) is 1. The number of carboxylic acid groups (broad SMARTS) is 1. The number of nitrogens with zero attached hydrogens (tertiary/aromatic N) is 2. The fourth-order valence-electron chi connectivity index (χ4n) is 1.99. The van der Waals surface area contributed by atoms with Gasteiger partial charge in [-0.1, -0.05) is 0 Å². The summed E-state index contributed by atoms with van der Waals surface area (Å²) in [5.41, 5.74) is 1.67. The lowest BCUT2D eigenvalue weighted by Gasteiger charge is -2.21. The molecule has 8 heteroatoms. The van der Waals surface area contributed by atoms with Crippen molar-refractivity contribution in [3.63, 3.8) is 0 Å². The van der Waals surface area contributed by atoms with Gasteiger partial charge >= 0.3 is 5.97 Å². The Morgan fingerprint density at radius 2 is 2.04 bits per heavy atom. The molecule has 1 amide bonds. The van der Waals surface area contributed by atoms with E-state index in [0.29, 0.717) is 5.13 Å². The van der Waals surface area contributed by atoms with Crippen molar-refractivity contribution >= 4 is 28.3 Å². The summed E-state index contributed by atoms with van der Waals surface area (Å²) in [5.74, 6) is -0.514. The number of benzene rings is 1. The third-order valence-corrected chi connectivity index (χ3v) is 4.30. The minimum absolute atomic E-state index is 0.205. The summed E-state index contributed by atoms with van der Waals surface area (Å²) in [6.45, 7) is 1.44. The van der Waals surface area contributed by atoms with Crippen LogP contribution in [0.5, 0.6) is 5.75 Å². The number of hydrogen-bond acceptors (Lipinski definition) is 6. The highest BCUT2D eigenvalue weighted by molar-refractivity contribution is 7.14. The Labute approximate surface area is 143 Å². The van der Waals surface area contributed by atoms with Gasteiger partial charge in [-0.25, -0.2) is 4.98 Å². The molecule has 1 aromatic heterocycles. The molecule has 7 nitrogen and oxygen atoms in total. The van der Waals surface area contributed by atoms with Crippen LogP contribution in [0.3, 0.4) is 0 Å². The van der Waals surface area contributed by atoms with Crippen molar-refractivity contribution in [2.75, 3.05) is 26.0 Å². The molecule has 128 valence electrons. The van der Waals surface area contributed by atoms with Gasteiger partial charge < -0.3 is 15.2 Å². The number of rotatable bonds is 7. The lowest BCUT2D eigenvalue weighted by Crippen LogP contribution is -2.42. The monoisotopic (exact) mass is 349 g/mol. The van der Waals surface area contributed by atoms with Gasteiger partial charge in [0.25, 0.3) is 0 Å². The number of anilines is 1. The van der Waals surface area contributed by atoms with Crippen LogP contribution in [0.2, 0.25) is 0 Å². The molecule has 2 rings (SSSR count). The van der Waals surface area contributed by atoms with Crippen LogP contribution < -0.4 is 10.1 Å². The van der Waals surface area contributed by atoms with Crippen LogP contribution in [0.25, 0.3) is 11.3 Å². The molecule has 0 saturated heterocycles. The number of thiazole rings is 1. The van der Waals surface area contributed by atoms with Crippen molar-refractivity contribution in [2.24, 2.45) is 0 Å². The molecule has 0 saturated carbocycles. The van der Waals surface area contributed by atoms with Gasteiger partial charge in [-0.05, 0) is 38.2 Å². The van der Waals surface area contributed by atoms with E-state index in [1.807, 2.05) is 29.6 Å². The highest BCUT2D eigenvalue weighted by Crippen LogP contribution is 2.26. The summed E-state index contributed by atoms with van der Waals surface area (Å²) in [6.07, 6.45) is 0. The Bertz CT molecular complexity index is 714. The number of hydrogen-bond donors (Lipinski definition) is 2. The van der Waals surface area contributed by atoms with E-state index in [1.54, 1.807) is 21.1 Å². The molecular formula is C16H19N3O4S. The maximum atomic E-state index is 12.2. The molecule has 1 heterocycles. The number of aromatic nitrogens is 1. The van der Waals surface area contributed by atoms with Gasteiger partial charge in [-0.2, -0.15) is 0 Å². The fraction of sp³-hybridized carbons (Fsp3) is 0.312. The maximum Gasteiger partial charge on any atom is 0.317 e. The number of carboxylic acids is 1. The van der Waals surface area contributed by atoms with Crippen molar-refractivity contribution in [1.29, 1.82) is 0 Å². The van der Waals surface area contributed by atoms with Gasteiger partial charge in [0, 0.05) is 10.9 Å². The molecule has 0 radical (unpaired) electrons. The first-order valence-electron chi connectivity index (χ1n) is 7.23. The van der Waals surface area contributed by atoms with E-state index in [-0.39, 0.29) is 12.5 Å². The standard InChI is InChI=1S/C16H19N3O4S/c1-10(19(2)8-14(20)21)15(22)18-16-17-13(9-24-16)11-4-6-12(23-3)7-5-11/h4-7,9-10H,8H2,1-3H3,(H,20,21)(H,17,18,22). The van der Waals surface area contributed by atoms with Crippen LogP contribution in [0.15, 0.2) is 29.6 Å². The van der Waals surface area contributed by atoms with Crippen LogP contribution in [0.1, 0.15) is 6.92 Å². The fourth-order valence-corrected chi connectivity index (χ4v) is 2.71. The van der Waals surface area contributed by atoms with Gasteiger partial charge in [0.1, 0.15) is 5.75 Å². The summed E-state index contributed by atoms with van der Waals surface area (Å²) >= 11 is 1.32. The smallest absolute Gasteiger partial charge is 0.317 e. The summed E-state index contributed by atoms with van der Waals surface area (Å²) in [4.78, 5) is 28.7. The third-order valence-electron chi connectivity index (χ3n) is 3.55. The second kappa shape index (κ2) is 7.89. The molecule has 0 aliphatic heterocycles. The Morgan fingerprint density at radius 3 is 2.62 bits per heavy atom. The van der Waals surface area contributed by atoms with Crippen molar-refractivity contribution in [2.45, 2.75) is 13.0 Å². The van der Waals surface area contributed by atoms with E-state index < -0.39 is 12.0 Å². The van der Waals surface area contributed by atoms with E-state index in [2.05, 4.69) is 10.3 Å². The number of carbonyl (C=O) groups excluding carboxylic acids is 1. The number of likely N-dealkylation sites (N-methyl/N-ethyl adjacent to an activating group) is 1. The SMILES string of the molecule is COc1ccc(-c2csc(NC(=O)C(C)N(C)CC(=O)O)n2)cc1. The molecule has 1 unspecified atom stereocenters. The molecular weight excluding hydrogens is 330 g/mol. The summed E-state index contributed by atoms with van der Waals surface area (Å²) < 4.78 is 5.12. The van der Waals surface area contributed by atoms with Crippen LogP contribution >= 0.6 is 11.3 Å². The normalized spacial score (nSPS) is 12.0. The van der Waals surface area contributed by atoms with Crippen LogP contribution in [0, 0.1) is 0 Å². The topological polar surface area (TPSA) is 91.8 Å². The van der Waals surface area contributed by atoms with Gasteiger partial charge in [0.2, 0.25) is 5.91 Å². The second-order valence-corrected chi connectivity index (χ2v) is 6.10. The first kappa shape index (κ1) is 17.9. The predicted molar refractivity (Wildman–Crippen MR) is 92.5 cm³/mol. The first-order valence-corrected chi connectivity index (χ1v) is 8.11. The molecule has 0 aliphatic carbocycles. The van der Waals surface area contributed by atoms with E-state index in [9.17, 15) is 9.59 Å². The zero-order chi connectivity index (χ0) is 17.7. The second-order valence-electron chi connectivity index (χ2n) is 5.24. The Balaban J connectivity index is 2.02. The summed E-state index contributed by atoms with van der Waals surface area (Å²) in [7, 11) is 3.19. The molecule has 0 spiro atoms. The van der Waals surface area contributed by atoms with Crippen molar-refractivity contribution in [1.82, 2.24) is 9.88 Å². The molecule has 2 N–H and O–H groups in total. The number of methoxy groups -OCH3 is 1. The lowest BCUT2D eigenvalue weighted by molar-refractivity contribution is -0.138. The molecule has 0 aliphatic rings. The average molecular weight is 349 g/mol. The quantitative estimate of drug-likeness (QED) is 0.796. The van der Waals surface area contributed by atoms with Gasteiger partial charge in [0.05, 0.1) is 25.4 Å². The van der Waals surface area contributed by atoms with Crippen LogP contribution in [0.4, 0.5) is 5.13 Å². The third kappa shape index (κ3) is 4.53. The van der Waals surface area contributed by atoms with Crippen molar-refractivity contribution < 1.29 is 19.4 Å². The number of nitrogens with one attached hydrogen (secondary N) is 1. The molecule has 1 aromatic carbocycles. The molecule has 0 fully saturated rings. The van der Waals surface area contributed by atoms with Crippen LogP contribution in [-0.4, -0.2) is 53.6 Å². The maximum absolute atomic E-state index is 12.2. The Kier molecular flexibility index (Phi) is 5.88. The zero-order valence-electron chi connectivity index (χ0n) is 13.6. The van der Waals surface area contributed by atoms with Gasteiger partial charge in [-0.15, -0.1) is 11.3 Å². The highest BCUT2D eigenvalue weighted by Gasteiger charge is 2.20. The van der Waals surface area contributed by atoms with E-state index in [4.69, 9.17) is 9.84 Å².